The third-order valence-electron chi connectivity index (χ3n) is 5.26. The number of carbonyl (C=O) groups is 2. The first-order valence-corrected chi connectivity index (χ1v) is 10.8. The molecule has 0 saturated heterocycles. The molecule has 0 aliphatic rings. The van der Waals surface area contributed by atoms with Crippen LogP contribution in [0.2, 0.25) is 0 Å². The number of esters is 1. The van der Waals surface area contributed by atoms with Crippen LogP contribution in [0.25, 0.3) is 10.8 Å². The van der Waals surface area contributed by atoms with E-state index in [9.17, 15) is 9.59 Å². The summed E-state index contributed by atoms with van der Waals surface area (Å²) in [4.78, 5) is 24.9. The first-order valence-electron chi connectivity index (χ1n) is 10.8. The number of carbonyl (C=O) groups excluding carboxylic acids is 2. The van der Waals surface area contributed by atoms with Crippen LogP contribution in [-0.2, 0) is 4.79 Å². The van der Waals surface area contributed by atoms with Crippen molar-refractivity contribution in [2.24, 2.45) is 5.10 Å². The minimum Gasteiger partial charge on any atom is -0.483 e. The van der Waals surface area contributed by atoms with Gasteiger partial charge in [-0.3, -0.25) is 4.79 Å². The number of ether oxygens (including phenoxy) is 2. The quantitative estimate of drug-likeness (QED) is 0.181. The minimum atomic E-state index is -0.472. The summed E-state index contributed by atoms with van der Waals surface area (Å²) in [6.07, 6.45) is 1.48. The summed E-state index contributed by atoms with van der Waals surface area (Å²) in [7, 11) is 0. The summed E-state index contributed by atoms with van der Waals surface area (Å²) in [5, 5.41) is 5.87. The Morgan fingerprint density at radius 3 is 2.38 bits per heavy atom. The van der Waals surface area contributed by atoms with Gasteiger partial charge >= 0.3 is 5.97 Å². The molecule has 4 rings (SSSR count). The standard InChI is InChI=1S/C28H24N2O4/c1-19-11-13-22(14-12-19)28(32)34-26-16-15-21-8-4-5-9-23(21)24(26)17-29-30-27(31)18-33-25-10-6-3-7-20(25)2/h3-17H,18H2,1-2H3,(H,30,31)/b29-17-. The molecule has 0 spiro atoms. The maximum absolute atomic E-state index is 12.7. The van der Waals surface area contributed by atoms with E-state index in [4.69, 9.17) is 9.47 Å². The zero-order valence-electron chi connectivity index (χ0n) is 18.9. The lowest BCUT2D eigenvalue weighted by Gasteiger charge is -2.11. The average Bonchev–Trinajstić information content (AvgIpc) is 2.85. The van der Waals surface area contributed by atoms with E-state index < -0.39 is 11.9 Å². The number of nitrogens with one attached hydrogen (secondary N) is 1. The van der Waals surface area contributed by atoms with Gasteiger partial charge in [-0.1, -0.05) is 66.2 Å². The van der Waals surface area contributed by atoms with Gasteiger partial charge in [0.2, 0.25) is 0 Å². The van der Waals surface area contributed by atoms with E-state index >= 15 is 0 Å². The van der Waals surface area contributed by atoms with Crippen LogP contribution >= 0.6 is 0 Å². The minimum absolute atomic E-state index is 0.174. The van der Waals surface area contributed by atoms with Crippen LogP contribution in [0.1, 0.15) is 27.0 Å². The molecule has 0 saturated carbocycles. The van der Waals surface area contributed by atoms with Crippen molar-refractivity contribution in [1.82, 2.24) is 5.43 Å². The molecule has 34 heavy (non-hydrogen) atoms. The summed E-state index contributed by atoms with van der Waals surface area (Å²) in [5.41, 5.74) is 5.49. The molecule has 0 aliphatic carbocycles. The summed E-state index contributed by atoms with van der Waals surface area (Å²) in [5.74, 6) is 0.109. The van der Waals surface area contributed by atoms with Gasteiger partial charge in [0.05, 0.1) is 11.8 Å². The van der Waals surface area contributed by atoms with Gasteiger partial charge in [0.25, 0.3) is 5.91 Å². The molecule has 6 nitrogen and oxygen atoms in total. The normalized spacial score (nSPS) is 10.9. The first kappa shape index (κ1) is 22.7. The summed E-state index contributed by atoms with van der Waals surface area (Å²) < 4.78 is 11.2. The van der Waals surface area contributed by atoms with Crippen molar-refractivity contribution in [3.05, 3.63) is 107 Å². The molecule has 170 valence electrons. The van der Waals surface area contributed by atoms with Gasteiger partial charge in [-0.15, -0.1) is 0 Å². The second kappa shape index (κ2) is 10.4. The molecule has 0 aliphatic heterocycles. The number of fused-ring (bicyclic) bond motifs is 1. The molecule has 0 unspecified atom stereocenters. The van der Waals surface area contributed by atoms with Gasteiger partial charge in [-0.2, -0.15) is 5.10 Å². The Morgan fingerprint density at radius 2 is 1.59 bits per heavy atom. The zero-order valence-corrected chi connectivity index (χ0v) is 18.9. The first-order chi connectivity index (χ1) is 16.5. The molecular formula is C28H24N2O4. The molecule has 0 atom stereocenters. The number of amides is 1. The third-order valence-corrected chi connectivity index (χ3v) is 5.26. The van der Waals surface area contributed by atoms with Crippen molar-refractivity contribution in [3.63, 3.8) is 0 Å². The lowest BCUT2D eigenvalue weighted by atomic mass is 10.0. The molecule has 4 aromatic carbocycles. The summed E-state index contributed by atoms with van der Waals surface area (Å²) in [6, 6.07) is 25.9. The number of hydrogen-bond acceptors (Lipinski definition) is 5. The predicted molar refractivity (Wildman–Crippen MR) is 132 cm³/mol. The van der Waals surface area contributed by atoms with Gasteiger partial charge < -0.3 is 9.47 Å². The SMILES string of the molecule is Cc1ccc(C(=O)Oc2ccc3ccccc3c2/C=N\NC(=O)COc2ccccc2C)cc1. The van der Waals surface area contributed by atoms with Crippen molar-refractivity contribution in [1.29, 1.82) is 0 Å². The van der Waals surface area contributed by atoms with E-state index in [1.54, 1.807) is 24.3 Å². The Bertz CT molecular complexity index is 1360. The molecule has 0 aromatic heterocycles. The number of para-hydroxylation sites is 1. The highest BCUT2D eigenvalue weighted by atomic mass is 16.5. The fourth-order valence-electron chi connectivity index (χ4n) is 3.41. The van der Waals surface area contributed by atoms with Crippen LogP contribution in [0.15, 0.2) is 90.0 Å². The van der Waals surface area contributed by atoms with Gasteiger partial charge in [-0.05, 0) is 54.4 Å². The molecule has 1 N–H and O–H groups in total. The molecule has 0 heterocycles. The highest BCUT2D eigenvalue weighted by Gasteiger charge is 2.13. The Balaban J connectivity index is 1.51. The number of rotatable bonds is 7. The Kier molecular flexibility index (Phi) is 6.98. The van der Waals surface area contributed by atoms with Gasteiger partial charge in [-0.25, -0.2) is 10.2 Å². The van der Waals surface area contributed by atoms with Gasteiger partial charge in [0, 0.05) is 5.56 Å². The van der Waals surface area contributed by atoms with Crippen LogP contribution < -0.4 is 14.9 Å². The molecule has 6 heteroatoms. The lowest BCUT2D eigenvalue weighted by Crippen LogP contribution is -2.24. The Hall–Kier alpha value is -4.45. The molecule has 4 aromatic rings. The largest absolute Gasteiger partial charge is 0.483 e. The Morgan fingerprint density at radius 1 is 0.853 bits per heavy atom. The highest BCUT2D eigenvalue weighted by Crippen LogP contribution is 2.27. The fourth-order valence-corrected chi connectivity index (χ4v) is 3.41. The maximum atomic E-state index is 12.7. The number of aryl methyl sites for hydroxylation is 2. The van der Waals surface area contributed by atoms with Crippen LogP contribution in [0.3, 0.4) is 0 Å². The summed E-state index contributed by atoms with van der Waals surface area (Å²) >= 11 is 0. The number of benzene rings is 4. The van der Waals surface area contributed by atoms with E-state index in [1.165, 1.54) is 6.21 Å². The van der Waals surface area contributed by atoms with Crippen LogP contribution in [0, 0.1) is 13.8 Å². The van der Waals surface area contributed by atoms with Gasteiger partial charge in [0.1, 0.15) is 11.5 Å². The van der Waals surface area contributed by atoms with E-state index in [2.05, 4.69) is 10.5 Å². The van der Waals surface area contributed by atoms with E-state index in [0.717, 1.165) is 21.9 Å². The third kappa shape index (κ3) is 5.48. The average molecular weight is 453 g/mol. The maximum Gasteiger partial charge on any atom is 0.343 e. The van der Waals surface area contributed by atoms with Crippen molar-refractivity contribution < 1.29 is 19.1 Å². The predicted octanol–water partition coefficient (Wildman–Crippen LogP) is 5.20. The van der Waals surface area contributed by atoms with Crippen molar-refractivity contribution in [3.8, 4) is 11.5 Å². The van der Waals surface area contributed by atoms with Crippen LogP contribution in [0.5, 0.6) is 11.5 Å². The van der Waals surface area contributed by atoms with Gasteiger partial charge in [0.15, 0.2) is 6.61 Å². The number of nitrogens with zero attached hydrogens (tertiary/aromatic N) is 1. The molecule has 0 bridgehead atoms. The highest BCUT2D eigenvalue weighted by molar-refractivity contribution is 6.04. The Labute approximate surface area is 197 Å². The summed E-state index contributed by atoms with van der Waals surface area (Å²) in [6.45, 7) is 3.69. The fraction of sp³-hybridized carbons (Fsp3) is 0.107. The monoisotopic (exact) mass is 452 g/mol. The topological polar surface area (TPSA) is 77.0 Å². The number of hydrazone groups is 1. The zero-order chi connectivity index (χ0) is 23.9. The van der Waals surface area contributed by atoms with Crippen molar-refractivity contribution >= 4 is 28.9 Å². The molecule has 0 radical (unpaired) electrons. The lowest BCUT2D eigenvalue weighted by molar-refractivity contribution is -0.123. The van der Waals surface area contributed by atoms with E-state index in [-0.39, 0.29) is 6.61 Å². The van der Waals surface area contributed by atoms with E-state index in [1.807, 2.05) is 74.5 Å². The van der Waals surface area contributed by atoms with Crippen molar-refractivity contribution in [2.45, 2.75) is 13.8 Å². The van der Waals surface area contributed by atoms with Crippen molar-refractivity contribution in [2.75, 3.05) is 6.61 Å². The molecule has 1 amide bonds. The second-order valence-corrected chi connectivity index (χ2v) is 7.80. The second-order valence-electron chi connectivity index (χ2n) is 7.80. The number of hydrogen-bond donors (Lipinski definition) is 1. The smallest absolute Gasteiger partial charge is 0.343 e. The van der Waals surface area contributed by atoms with Crippen LogP contribution in [-0.4, -0.2) is 24.7 Å². The molecular weight excluding hydrogens is 428 g/mol. The molecule has 0 fully saturated rings. The van der Waals surface area contributed by atoms with E-state index in [0.29, 0.717) is 22.6 Å². The van der Waals surface area contributed by atoms with Crippen LogP contribution in [0.4, 0.5) is 0 Å².